The molecule has 0 fully saturated rings. The van der Waals surface area contributed by atoms with Crippen LogP contribution in [0.25, 0.3) is 28.6 Å². The minimum atomic E-state index is -0.727. The number of halogens is 3. The summed E-state index contributed by atoms with van der Waals surface area (Å²) in [6.07, 6.45) is 3.15. The second kappa shape index (κ2) is 6.52. The van der Waals surface area contributed by atoms with Crippen LogP contribution >= 0.6 is 15.9 Å². The van der Waals surface area contributed by atoms with E-state index in [1.54, 1.807) is 0 Å². The number of imidazole rings is 1. The van der Waals surface area contributed by atoms with Crippen LogP contribution in [0.2, 0.25) is 0 Å². The second-order valence-electron chi connectivity index (χ2n) is 6.22. The van der Waals surface area contributed by atoms with Crippen LogP contribution in [0.5, 0.6) is 5.75 Å². The van der Waals surface area contributed by atoms with E-state index in [1.165, 1.54) is 23.1 Å². The number of benzene rings is 2. The van der Waals surface area contributed by atoms with Crippen LogP contribution < -0.4 is 4.74 Å². The van der Waals surface area contributed by atoms with Gasteiger partial charge in [-0.1, -0.05) is 15.9 Å². The summed E-state index contributed by atoms with van der Waals surface area (Å²) in [5.74, 6) is 0.445. The Labute approximate surface area is 166 Å². The van der Waals surface area contributed by atoms with E-state index < -0.39 is 11.6 Å². The lowest BCUT2D eigenvalue weighted by Gasteiger charge is -2.07. The molecule has 0 atom stereocenters. The van der Waals surface area contributed by atoms with E-state index in [0.29, 0.717) is 24.7 Å². The summed E-state index contributed by atoms with van der Waals surface area (Å²) in [5, 5.41) is 4.10. The molecule has 3 heterocycles. The van der Waals surface area contributed by atoms with E-state index in [9.17, 15) is 8.78 Å². The zero-order chi connectivity index (χ0) is 19.3. The molecule has 0 unspecified atom stereocenters. The van der Waals surface area contributed by atoms with Gasteiger partial charge in [-0.3, -0.25) is 0 Å². The van der Waals surface area contributed by atoms with Crippen molar-refractivity contribution in [2.45, 2.75) is 6.54 Å². The number of ether oxygens (including phenoxy) is 1. The molecule has 1 aliphatic rings. The molecule has 2 aromatic carbocycles. The standard InChI is InChI=1S/C19H12BrF2N5O/c20-11-1-4-17-13(7-11)18-25-15(9-26(18)5-6-28-17)19-23-10-24-27(19)16-3-2-12(21)8-14(16)22/h1-4,7-10H,5-6H2. The molecule has 0 bridgehead atoms. The predicted octanol–water partition coefficient (Wildman–Crippen LogP) is 4.23. The first kappa shape index (κ1) is 17.1. The highest BCUT2D eigenvalue weighted by Crippen LogP contribution is 2.35. The highest BCUT2D eigenvalue weighted by Gasteiger charge is 2.22. The van der Waals surface area contributed by atoms with Crippen molar-refractivity contribution in [1.82, 2.24) is 24.3 Å². The van der Waals surface area contributed by atoms with Crippen molar-refractivity contribution in [3.8, 4) is 34.3 Å². The average Bonchev–Trinajstić information content (AvgIpc) is 3.27. The molecule has 0 N–H and O–H groups in total. The Morgan fingerprint density at radius 2 is 1.96 bits per heavy atom. The van der Waals surface area contributed by atoms with Gasteiger partial charge in [-0.2, -0.15) is 5.10 Å². The van der Waals surface area contributed by atoms with E-state index in [4.69, 9.17) is 9.72 Å². The van der Waals surface area contributed by atoms with Crippen molar-refractivity contribution in [3.05, 3.63) is 65.0 Å². The number of rotatable bonds is 2. The van der Waals surface area contributed by atoms with Crippen LogP contribution in [0.3, 0.4) is 0 Å². The van der Waals surface area contributed by atoms with Crippen LogP contribution in [0.1, 0.15) is 0 Å². The lowest BCUT2D eigenvalue weighted by molar-refractivity contribution is 0.306. The van der Waals surface area contributed by atoms with Gasteiger partial charge in [0.2, 0.25) is 0 Å². The average molecular weight is 444 g/mol. The first-order valence-corrected chi connectivity index (χ1v) is 9.25. The third-order valence-electron chi connectivity index (χ3n) is 4.46. The largest absolute Gasteiger partial charge is 0.491 e. The molecular formula is C19H12BrF2N5O. The molecule has 0 spiro atoms. The summed E-state index contributed by atoms with van der Waals surface area (Å²) in [6.45, 7) is 1.10. The first-order chi connectivity index (χ1) is 13.6. The molecule has 0 radical (unpaired) electrons. The van der Waals surface area contributed by atoms with Crippen LogP contribution in [0.4, 0.5) is 8.78 Å². The molecule has 1 aliphatic heterocycles. The predicted molar refractivity (Wildman–Crippen MR) is 101 cm³/mol. The first-order valence-electron chi connectivity index (χ1n) is 8.46. The Hall–Kier alpha value is -3.07. The van der Waals surface area contributed by atoms with Crippen LogP contribution in [0, 0.1) is 11.6 Å². The lowest BCUT2D eigenvalue weighted by atomic mass is 10.2. The summed E-state index contributed by atoms with van der Waals surface area (Å²) < 4.78 is 37.5. The Bertz CT molecular complexity index is 1200. The Kier molecular flexibility index (Phi) is 3.97. The molecule has 4 aromatic rings. The lowest BCUT2D eigenvalue weighted by Crippen LogP contribution is -2.05. The van der Waals surface area contributed by atoms with Gasteiger partial charge in [0.15, 0.2) is 11.6 Å². The van der Waals surface area contributed by atoms with Gasteiger partial charge in [0.05, 0.1) is 12.1 Å². The molecule has 28 heavy (non-hydrogen) atoms. The third-order valence-corrected chi connectivity index (χ3v) is 4.96. The van der Waals surface area contributed by atoms with E-state index in [-0.39, 0.29) is 5.69 Å². The van der Waals surface area contributed by atoms with Crippen molar-refractivity contribution in [2.24, 2.45) is 0 Å². The van der Waals surface area contributed by atoms with Gasteiger partial charge in [-0.05, 0) is 30.3 Å². The fourth-order valence-electron chi connectivity index (χ4n) is 3.21. The quantitative estimate of drug-likeness (QED) is 0.465. The van der Waals surface area contributed by atoms with Gasteiger partial charge in [0.25, 0.3) is 0 Å². The molecule has 0 saturated heterocycles. The third kappa shape index (κ3) is 2.78. The van der Waals surface area contributed by atoms with Gasteiger partial charge in [-0.15, -0.1) is 0 Å². The highest BCUT2D eigenvalue weighted by molar-refractivity contribution is 9.10. The molecule has 9 heteroatoms. The Balaban J connectivity index is 1.65. The van der Waals surface area contributed by atoms with E-state index in [0.717, 1.165) is 27.7 Å². The van der Waals surface area contributed by atoms with Crippen LogP contribution in [-0.2, 0) is 6.54 Å². The minimum Gasteiger partial charge on any atom is -0.491 e. The fourth-order valence-corrected chi connectivity index (χ4v) is 3.57. The summed E-state index contributed by atoms with van der Waals surface area (Å²) in [4.78, 5) is 8.95. The molecule has 0 saturated carbocycles. The number of fused-ring (bicyclic) bond motifs is 3. The normalized spacial score (nSPS) is 12.8. The monoisotopic (exact) mass is 443 g/mol. The van der Waals surface area contributed by atoms with Crippen molar-refractivity contribution in [3.63, 3.8) is 0 Å². The van der Waals surface area contributed by atoms with Gasteiger partial charge in [-0.25, -0.2) is 23.4 Å². The summed E-state index contributed by atoms with van der Waals surface area (Å²) in [5.41, 5.74) is 1.48. The summed E-state index contributed by atoms with van der Waals surface area (Å²) in [6, 6.07) is 9.05. The van der Waals surface area contributed by atoms with Gasteiger partial charge >= 0.3 is 0 Å². The fraction of sp³-hybridized carbons (Fsp3) is 0.105. The van der Waals surface area contributed by atoms with E-state index in [1.807, 2.05) is 29.0 Å². The highest BCUT2D eigenvalue weighted by atomic mass is 79.9. The zero-order valence-electron chi connectivity index (χ0n) is 14.3. The van der Waals surface area contributed by atoms with Gasteiger partial charge < -0.3 is 9.30 Å². The van der Waals surface area contributed by atoms with Gasteiger partial charge in [0, 0.05) is 16.7 Å². The number of aromatic nitrogens is 5. The van der Waals surface area contributed by atoms with Crippen LogP contribution in [0.15, 0.2) is 53.4 Å². The van der Waals surface area contributed by atoms with Crippen molar-refractivity contribution >= 4 is 15.9 Å². The van der Waals surface area contributed by atoms with Crippen molar-refractivity contribution in [2.75, 3.05) is 6.61 Å². The Morgan fingerprint density at radius 3 is 2.82 bits per heavy atom. The molecule has 2 aromatic heterocycles. The summed E-state index contributed by atoms with van der Waals surface area (Å²) in [7, 11) is 0. The molecule has 140 valence electrons. The minimum absolute atomic E-state index is 0.101. The maximum Gasteiger partial charge on any atom is 0.183 e. The molecule has 0 aliphatic carbocycles. The van der Waals surface area contributed by atoms with E-state index >= 15 is 0 Å². The zero-order valence-corrected chi connectivity index (χ0v) is 15.9. The molecule has 0 amide bonds. The topological polar surface area (TPSA) is 57.8 Å². The molecule has 6 nitrogen and oxygen atoms in total. The van der Waals surface area contributed by atoms with Crippen molar-refractivity contribution in [1.29, 1.82) is 0 Å². The SMILES string of the molecule is Fc1ccc(-n2ncnc2-c2cn3c(n2)-c2cc(Br)ccc2OCC3)c(F)c1. The smallest absolute Gasteiger partial charge is 0.183 e. The summed E-state index contributed by atoms with van der Waals surface area (Å²) >= 11 is 3.48. The molecular weight excluding hydrogens is 432 g/mol. The number of hydrogen-bond donors (Lipinski definition) is 0. The Morgan fingerprint density at radius 1 is 1.07 bits per heavy atom. The number of hydrogen-bond acceptors (Lipinski definition) is 4. The molecule has 5 rings (SSSR count). The van der Waals surface area contributed by atoms with E-state index in [2.05, 4.69) is 26.0 Å². The second-order valence-corrected chi connectivity index (χ2v) is 7.14. The maximum absolute atomic E-state index is 14.3. The number of nitrogens with zero attached hydrogens (tertiary/aromatic N) is 5. The van der Waals surface area contributed by atoms with Crippen LogP contribution in [-0.4, -0.2) is 30.9 Å². The maximum atomic E-state index is 14.3. The van der Waals surface area contributed by atoms with Gasteiger partial charge in [0.1, 0.15) is 41.7 Å². The van der Waals surface area contributed by atoms with Crippen molar-refractivity contribution < 1.29 is 13.5 Å².